The molecular formula is C11H7F4N3O2. The van der Waals surface area contributed by atoms with Crippen molar-refractivity contribution >= 4 is 0 Å². The highest BCUT2D eigenvalue weighted by Crippen LogP contribution is 2.33. The van der Waals surface area contributed by atoms with E-state index in [0.29, 0.717) is 10.7 Å². The molecule has 1 aromatic heterocycles. The van der Waals surface area contributed by atoms with Crippen molar-refractivity contribution in [2.45, 2.75) is 12.7 Å². The smallest absolute Gasteiger partial charge is 0.271 e. The van der Waals surface area contributed by atoms with E-state index in [1.54, 1.807) is 0 Å². The first-order valence-electron chi connectivity index (χ1n) is 5.30. The van der Waals surface area contributed by atoms with E-state index in [1.165, 1.54) is 0 Å². The molecule has 0 fully saturated rings. The second-order valence-electron chi connectivity index (χ2n) is 3.86. The Hall–Kier alpha value is -2.45. The van der Waals surface area contributed by atoms with E-state index >= 15 is 0 Å². The Morgan fingerprint density at radius 2 is 1.95 bits per heavy atom. The summed E-state index contributed by atoms with van der Waals surface area (Å²) in [5, 5.41) is 3.36. The van der Waals surface area contributed by atoms with Crippen LogP contribution >= 0.6 is 0 Å². The fourth-order valence-electron chi connectivity index (χ4n) is 1.62. The third-order valence-electron chi connectivity index (χ3n) is 2.51. The monoisotopic (exact) mass is 289 g/mol. The van der Waals surface area contributed by atoms with Gasteiger partial charge >= 0.3 is 11.9 Å². The summed E-state index contributed by atoms with van der Waals surface area (Å²) >= 11 is 0. The summed E-state index contributed by atoms with van der Waals surface area (Å²) in [6.07, 6.45) is -4.04. The molecule has 1 N–H and O–H groups in total. The molecule has 2 rings (SSSR count). The molecule has 106 valence electrons. The van der Waals surface area contributed by atoms with Crippen molar-refractivity contribution in [3.63, 3.8) is 0 Å². The zero-order chi connectivity index (χ0) is 14.9. The molecular weight excluding hydrogens is 282 g/mol. The van der Waals surface area contributed by atoms with Crippen LogP contribution in [0.1, 0.15) is 11.1 Å². The molecule has 0 saturated heterocycles. The summed E-state index contributed by atoms with van der Waals surface area (Å²) in [4.78, 5) is 24.0. The second-order valence-corrected chi connectivity index (χ2v) is 3.86. The Kier molecular flexibility index (Phi) is 3.43. The Morgan fingerprint density at radius 3 is 2.55 bits per heavy atom. The first kappa shape index (κ1) is 14.0. The Bertz CT molecular complexity index is 748. The van der Waals surface area contributed by atoms with E-state index in [2.05, 4.69) is 5.10 Å². The van der Waals surface area contributed by atoms with Crippen LogP contribution in [0, 0.1) is 5.82 Å². The Labute approximate surface area is 108 Å². The van der Waals surface area contributed by atoms with E-state index in [-0.39, 0.29) is 0 Å². The van der Waals surface area contributed by atoms with Gasteiger partial charge in [-0.05, 0) is 12.1 Å². The first-order valence-corrected chi connectivity index (χ1v) is 5.30. The third-order valence-corrected chi connectivity index (χ3v) is 2.51. The van der Waals surface area contributed by atoms with Gasteiger partial charge in [0.25, 0.3) is 5.56 Å². The van der Waals surface area contributed by atoms with Gasteiger partial charge in [-0.1, -0.05) is 6.07 Å². The average molecular weight is 289 g/mol. The van der Waals surface area contributed by atoms with E-state index in [9.17, 15) is 27.2 Å². The number of hydrogen-bond donors (Lipinski definition) is 1. The molecule has 0 bridgehead atoms. The maximum absolute atomic E-state index is 13.6. The van der Waals surface area contributed by atoms with Crippen LogP contribution in [0.15, 0.2) is 34.0 Å². The van der Waals surface area contributed by atoms with Gasteiger partial charge in [-0.15, -0.1) is 0 Å². The van der Waals surface area contributed by atoms with Crippen LogP contribution in [0.3, 0.4) is 0 Å². The molecule has 9 heteroatoms. The molecule has 2 aromatic rings. The molecule has 0 atom stereocenters. The molecule has 0 aliphatic rings. The Balaban J connectivity index is 2.54. The Morgan fingerprint density at radius 1 is 1.25 bits per heavy atom. The topological polar surface area (TPSA) is 67.8 Å². The molecule has 20 heavy (non-hydrogen) atoms. The normalized spacial score (nSPS) is 11.6. The van der Waals surface area contributed by atoms with Crippen molar-refractivity contribution in [3.05, 3.63) is 62.2 Å². The van der Waals surface area contributed by atoms with Gasteiger partial charge in [0.1, 0.15) is 12.0 Å². The minimum absolute atomic E-state index is 0.537. The second kappa shape index (κ2) is 4.91. The number of nitrogens with zero attached hydrogens (tertiary/aromatic N) is 2. The number of rotatable bonds is 2. The van der Waals surface area contributed by atoms with Gasteiger partial charge < -0.3 is 0 Å². The largest absolute Gasteiger partial charge is 0.416 e. The zero-order valence-corrected chi connectivity index (χ0v) is 9.74. The molecule has 0 aliphatic heterocycles. The van der Waals surface area contributed by atoms with E-state index in [0.717, 1.165) is 18.3 Å². The fourth-order valence-corrected chi connectivity index (χ4v) is 1.62. The number of alkyl halides is 3. The summed E-state index contributed by atoms with van der Waals surface area (Å²) < 4.78 is 52.4. The minimum atomic E-state index is -4.76. The predicted molar refractivity (Wildman–Crippen MR) is 59.6 cm³/mol. The van der Waals surface area contributed by atoms with E-state index in [4.69, 9.17) is 0 Å². The molecule has 0 aliphatic carbocycles. The molecule has 0 radical (unpaired) electrons. The van der Waals surface area contributed by atoms with E-state index < -0.39 is 40.9 Å². The van der Waals surface area contributed by atoms with Gasteiger partial charge in [-0.3, -0.25) is 9.78 Å². The number of hydrogen-bond acceptors (Lipinski definition) is 3. The number of nitrogens with one attached hydrogen (secondary N) is 1. The van der Waals surface area contributed by atoms with Crippen molar-refractivity contribution in [1.82, 2.24) is 14.8 Å². The molecule has 0 unspecified atom stereocenters. The number of benzene rings is 1. The van der Waals surface area contributed by atoms with Crippen molar-refractivity contribution < 1.29 is 17.6 Å². The molecule has 0 amide bonds. The predicted octanol–water partition coefficient (Wildman–Crippen LogP) is 1.14. The maximum Gasteiger partial charge on any atom is 0.416 e. The van der Waals surface area contributed by atoms with Crippen molar-refractivity contribution in [2.24, 2.45) is 0 Å². The molecule has 0 saturated carbocycles. The zero-order valence-electron chi connectivity index (χ0n) is 9.74. The lowest BCUT2D eigenvalue weighted by Crippen LogP contribution is -2.32. The molecule has 1 aromatic carbocycles. The lowest BCUT2D eigenvalue weighted by molar-refractivity contribution is -0.138. The number of H-pyrrole nitrogens is 1. The van der Waals surface area contributed by atoms with Crippen LogP contribution in [0.5, 0.6) is 0 Å². The van der Waals surface area contributed by atoms with Crippen LogP contribution in [0.4, 0.5) is 17.6 Å². The highest BCUT2D eigenvalue weighted by Gasteiger charge is 2.34. The number of halogens is 4. The van der Waals surface area contributed by atoms with Gasteiger partial charge in [-0.25, -0.2) is 13.9 Å². The lowest BCUT2D eigenvalue weighted by atomic mass is 10.1. The van der Waals surface area contributed by atoms with Crippen LogP contribution in [0.2, 0.25) is 0 Å². The fraction of sp³-hybridized carbons (Fsp3) is 0.182. The van der Waals surface area contributed by atoms with Gasteiger partial charge in [0, 0.05) is 5.56 Å². The standard InChI is InChI=1S/C11H7F4N3O2/c12-8-3-1-2-7(11(13,14)15)6(8)5-18-10(20)17-9(19)4-16-18/h1-4H,5H2,(H,17,19,20). The number of aromatic nitrogens is 3. The van der Waals surface area contributed by atoms with Crippen molar-refractivity contribution in [1.29, 1.82) is 0 Å². The average Bonchev–Trinajstić information content (AvgIpc) is 2.33. The van der Waals surface area contributed by atoms with Gasteiger partial charge in [0.15, 0.2) is 0 Å². The number of aromatic amines is 1. The summed E-state index contributed by atoms with van der Waals surface area (Å²) in [7, 11) is 0. The van der Waals surface area contributed by atoms with Gasteiger partial charge in [0.2, 0.25) is 0 Å². The highest BCUT2D eigenvalue weighted by atomic mass is 19.4. The first-order chi connectivity index (χ1) is 9.29. The van der Waals surface area contributed by atoms with Crippen LogP contribution in [-0.4, -0.2) is 14.8 Å². The van der Waals surface area contributed by atoms with Crippen molar-refractivity contribution in [2.75, 3.05) is 0 Å². The molecule has 1 heterocycles. The van der Waals surface area contributed by atoms with Crippen LogP contribution in [0.25, 0.3) is 0 Å². The highest BCUT2D eigenvalue weighted by molar-refractivity contribution is 5.31. The van der Waals surface area contributed by atoms with Crippen molar-refractivity contribution in [3.8, 4) is 0 Å². The van der Waals surface area contributed by atoms with Crippen LogP contribution in [-0.2, 0) is 12.7 Å². The quantitative estimate of drug-likeness (QED) is 0.843. The SMILES string of the molecule is O=c1cnn(Cc2c(F)cccc2C(F)(F)F)c(=O)[nH]1. The third kappa shape index (κ3) is 2.76. The molecule has 0 spiro atoms. The van der Waals surface area contributed by atoms with E-state index in [1.807, 2.05) is 4.98 Å². The summed E-state index contributed by atoms with van der Waals surface area (Å²) in [6.45, 7) is -0.739. The summed E-state index contributed by atoms with van der Waals surface area (Å²) in [5.74, 6) is -1.11. The molecule has 5 nitrogen and oxygen atoms in total. The summed E-state index contributed by atoms with van der Waals surface area (Å²) in [6, 6.07) is 2.47. The lowest BCUT2D eigenvalue weighted by Gasteiger charge is -2.13. The minimum Gasteiger partial charge on any atom is -0.271 e. The van der Waals surface area contributed by atoms with Gasteiger partial charge in [0.05, 0.1) is 12.1 Å². The maximum atomic E-state index is 13.6. The van der Waals surface area contributed by atoms with Gasteiger partial charge in [-0.2, -0.15) is 18.3 Å². The van der Waals surface area contributed by atoms with Crippen LogP contribution < -0.4 is 11.2 Å². The summed E-state index contributed by atoms with van der Waals surface area (Å²) in [5.41, 5.74) is -3.73.